The van der Waals surface area contributed by atoms with E-state index in [2.05, 4.69) is 34.2 Å². The molecule has 0 amide bonds. The third kappa shape index (κ3) is 4.70. The predicted octanol–water partition coefficient (Wildman–Crippen LogP) is 3.80. The molecule has 0 aromatic heterocycles. The first-order valence-corrected chi connectivity index (χ1v) is 10.1. The summed E-state index contributed by atoms with van der Waals surface area (Å²) in [5, 5.41) is 0. The average Bonchev–Trinajstić information content (AvgIpc) is 3.10. The van der Waals surface area contributed by atoms with Gasteiger partial charge < -0.3 is 19.1 Å². The van der Waals surface area contributed by atoms with Gasteiger partial charge in [-0.05, 0) is 55.8 Å². The zero-order chi connectivity index (χ0) is 20.2. The number of nitrogens with zero attached hydrogens (tertiary/aromatic N) is 2. The van der Waals surface area contributed by atoms with Crippen LogP contribution in [0.25, 0.3) is 0 Å². The van der Waals surface area contributed by atoms with Crippen LogP contribution in [0.2, 0.25) is 0 Å². The van der Waals surface area contributed by atoms with Crippen LogP contribution in [0.15, 0.2) is 53.5 Å². The van der Waals surface area contributed by atoms with Crippen molar-refractivity contribution in [1.82, 2.24) is 0 Å². The van der Waals surface area contributed by atoms with E-state index in [-0.39, 0.29) is 18.1 Å². The van der Waals surface area contributed by atoms with Crippen LogP contribution in [0, 0.1) is 0 Å². The molecule has 6 heteroatoms. The van der Waals surface area contributed by atoms with E-state index < -0.39 is 0 Å². The summed E-state index contributed by atoms with van der Waals surface area (Å²) < 4.78 is 16.4. The Hall–Kier alpha value is -3.02. The van der Waals surface area contributed by atoms with Gasteiger partial charge >= 0.3 is 5.97 Å². The van der Waals surface area contributed by atoms with Gasteiger partial charge in [-0.2, -0.15) is 0 Å². The van der Waals surface area contributed by atoms with Crippen molar-refractivity contribution in [3.8, 4) is 11.5 Å². The van der Waals surface area contributed by atoms with E-state index in [1.54, 1.807) is 0 Å². The highest BCUT2D eigenvalue weighted by molar-refractivity contribution is 6.04. The van der Waals surface area contributed by atoms with E-state index in [9.17, 15) is 4.79 Å². The van der Waals surface area contributed by atoms with Gasteiger partial charge in [-0.25, -0.2) is 0 Å². The molecular formula is C23H26N2O4. The maximum absolute atomic E-state index is 11.2. The maximum Gasteiger partial charge on any atom is 0.312 e. The summed E-state index contributed by atoms with van der Waals surface area (Å²) in [5.41, 5.74) is 3.13. The number of carbonyl (C=O) groups excluding carboxylic acids is 1. The fourth-order valence-electron chi connectivity index (χ4n) is 3.52. The molecule has 2 aromatic carbocycles. The number of aliphatic imine (C=N–C) groups is 1. The van der Waals surface area contributed by atoms with Gasteiger partial charge in [-0.15, -0.1) is 0 Å². The highest BCUT2D eigenvalue weighted by Crippen LogP contribution is 2.27. The molecule has 2 heterocycles. The van der Waals surface area contributed by atoms with Crippen LogP contribution < -0.4 is 14.4 Å². The number of hydrogen-bond acceptors (Lipinski definition) is 6. The molecule has 2 aliphatic heterocycles. The Morgan fingerprint density at radius 2 is 1.79 bits per heavy atom. The van der Waals surface area contributed by atoms with E-state index in [4.69, 9.17) is 14.2 Å². The summed E-state index contributed by atoms with van der Waals surface area (Å²) in [6, 6.07) is 16.2. The number of carbonyl (C=O) groups is 1. The molecule has 0 spiro atoms. The van der Waals surface area contributed by atoms with Crippen molar-refractivity contribution < 1.29 is 19.0 Å². The van der Waals surface area contributed by atoms with Gasteiger partial charge in [0, 0.05) is 5.69 Å². The van der Waals surface area contributed by atoms with Crippen LogP contribution in [0.3, 0.4) is 0 Å². The molecule has 0 unspecified atom stereocenters. The first kappa shape index (κ1) is 19.3. The first-order chi connectivity index (χ1) is 14.1. The van der Waals surface area contributed by atoms with Crippen molar-refractivity contribution in [1.29, 1.82) is 0 Å². The monoisotopic (exact) mass is 394 g/mol. The minimum atomic E-state index is -0.189. The predicted molar refractivity (Wildman–Crippen MR) is 112 cm³/mol. The SMILES string of the molecule is CCOc1ccc(OC2CN(c3ccc([C@H](C)N=C4COC(=O)C4)cc3)C2)cc1. The smallest absolute Gasteiger partial charge is 0.312 e. The molecule has 2 aromatic rings. The number of rotatable bonds is 7. The Bertz CT molecular complexity index is 871. The molecular weight excluding hydrogens is 368 g/mol. The quantitative estimate of drug-likeness (QED) is 0.669. The van der Waals surface area contributed by atoms with Gasteiger partial charge in [0.1, 0.15) is 24.2 Å². The largest absolute Gasteiger partial charge is 0.494 e. The maximum atomic E-state index is 11.2. The molecule has 0 bridgehead atoms. The number of benzene rings is 2. The van der Waals surface area contributed by atoms with Crippen LogP contribution >= 0.6 is 0 Å². The molecule has 4 rings (SSSR count). The Balaban J connectivity index is 1.28. The second-order valence-electron chi connectivity index (χ2n) is 7.35. The Morgan fingerprint density at radius 1 is 1.10 bits per heavy atom. The molecule has 2 saturated heterocycles. The van der Waals surface area contributed by atoms with Crippen LogP contribution in [-0.4, -0.2) is 44.1 Å². The van der Waals surface area contributed by atoms with E-state index in [1.165, 1.54) is 5.69 Å². The molecule has 152 valence electrons. The third-order valence-electron chi connectivity index (χ3n) is 5.15. The molecule has 29 heavy (non-hydrogen) atoms. The molecule has 0 saturated carbocycles. The number of cyclic esters (lactones) is 1. The zero-order valence-corrected chi connectivity index (χ0v) is 16.8. The second-order valence-corrected chi connectivity index (χ2v) is 7.35. The van der Waals surface area contributed by atoms with Crippen LogP contribution in [0.5, 0.6) is 11.5 Å². The van der Waals surface area contributed by atoms with Gasteiger partial charge in [-0.3, -0.25) is 9.79 Å². The Labute approximate surface area is 171 Å². The van der Waals surface area contributed by atoms with Crippen LogP contribution in [-0.2, 0) is 9.53 Å². The number of esters is 1. The fourth-order valence-corrected chi connectivity index (χ4v) is 3.52. The first-order valence-electron chi connectivity index (χ1n) is 10.1. The Kier molecular flexibility index (Phi) is 5.69. The molecule has 1 atom stereocenters. The zero-order valence-electron chi connectivity index (χ0n) is 16.8. The molecule has 0 N–H and O–H groups in total. The summed E-state index contributed by atoms with van der Waals surface area (Å²) in [7, 11) is 0. The van der Waals surface area contributed by atoms with E-state index in [0.29, 0.717) is 19.6 Å². The lowest BCUT2D eigenvalue weighted by molar-refractivity contribution is -0.137. The van der Waals surface area contributed by atoms with Crippen LogP contribution in [0.1, 0.15) is 31.9 Å². The van der Waals surface area contributed by atoms with Crippen molar-refractivity contribution >= 4 is 17.4 Å². The third-order valence-corrected chi connectivity index (χ3v) is 5.15. The van der Waals surface area contributed by atoms with Crippen molar-refractivity contribution in [3.05, 3.63) is 54.1 Å². The van der Waals surface area contributed by atoms with Gasteiger partial charge in [0.05, 0.1) is 37.9 Å². The summed E-state index contributed by atoms with van der Waals surface area (Å²) in [5.74, 6) is 1.54. The summed E-state index contributed by atoms with van der Waals surface area (Å²) >= 11 is 0. The highest BCUT2D eigenvalue weighted by atomic mass is 16.5. The molecule has 2 fully saturated rings. The normalized spacial score (nSPS) is 19.0. The van der Waals surface area contributed by atoms with Gasteiger partial charge in [0.2, 0.25) is 0 Å². The summed E-state index contributed by atoms with van der Waals surface area (Å²) in [4.78, 5) is 18.1. The topological polar surface area (TPSA) is 60.4 Å². The van der Waals surface area contributed by atoms with Gasteiger partial charge in [0.15, 0.2) is 0 Å². The molecule has 2 aliphatic rings. The van der Waals surface area contributed by atoms with E-state index in [0.717, 1.165) is 35.9 Å². The van der Waals surface area contributed by atoms with Crippen molar-refractivity contribution in [2.24, 2.45) is 4.99 Å². The number of anilines is 1. The number of hydrogen-bond donors (Lipinski definition) is 0. The minimum absolute atomic E-state index is 0.0145. The second kappa shape index (κ2) is 8.55. The number of ether oxygens (including phenoxy) is 3. The van der Waals surface area contributed by atoms with E-state index in [1.807, 2.05) is 38.1 Å². The fraction of sp³-hybridized carbons (Fsp3) is 0.391. The van der Waals surface area contributed by atoms with Crippen molar-refractivity contribution in [3.63, 3.8) is 0 Å². The highest BCUT2D eigenvalue weighted by Gasteiger charge is 2.28. The summed E-state index contributed by atoms with van der Waals surface area (Å²) in [6.07, 6.45) is 0.504. The lowest BCUT2D eigenvalue weighted by Gasteiger charge is -2.40. The lowest BCUT2D eigenvalue weighted by Crippen LogP contribution is -2.54. The summed E-state index contributed by atoms with van der Waals surface area (Å²) in [6.45, 7) is 6.73. The molecule has 0 radical (unpaired) electrons. The molecule has 0 aliphatic carbocycles. The molecule has 6 nitrogen and oxygen atoms in total. The lowest BCUT2D eigenvalue weighted by atomic mass is 10.1. The minimum Gasteiger partial charge on any atom is -0.494 e. The van der Waals surface area contributed by atoms with Crippen molar-refractivity contribution in [2.75, 3.05) is 31.2 Å². The average molecular weight is 394 g/mol. The Morgan fingerprint density at radius 3 is 2.41 bits per heavy atom. The van der Waals surface area contributed by atoms with Gasteiger partial charge in [0.25, 0.3) is 0 Å². The van der Waals surface area contributed by atoms with Gasteiger partial charge in [-0.1, -0.05) is 12.1 Å². The van der Waals surface area contributed by atoms with Crippen LogP contribution in [0.4, 0.5) is 5.69 Å². The van der Waals surface area contributed by atoms with E-state index >= 15 is 0 Å². The van der Waals surface area contributed by atoms with Crippen molar-refractivity contribution in [2.45, 2.75) is 32.4 Å². The standard InChI is InChI=1S/C23H26N2O4/c1-3-27-20-8-10-21(11-9-20)29-22-13-25(14-22)19-6-4-17(5-7-19)16(2)24-18-12-23(26)28-15-18/h4-11,16,22H,3,12-15H2,1-2H3/t16-/m0/s1.